The monoisotopic (exact) mass is 322 g/mol. The summed E-state index contributed by atoms with van der Waals surface area (Å²) in [6, 6.07) is -1.35. The van der Waals surface area contributed by atoms with Crippen molar-refractivity contribution in [3.05, 3.63) is 0 Å². The highest BCUT2D eigenvalue weighted by molar-refractivity contribution is 7.91. The highest BCUT2D eigenvalue weighted by Gasteiger charge is 2.35. The molecule has 0 bridgehead atoms. The lowest BCUT2D eigenvalue weighted by Crippen LogP contribution is -2.50. The molecule has 122 valence electrons. The lowest BCUT2D eigenvalue weighted by atomic mass is 10.1. The van der Waals surface area contributed by atoms with Crippen molar-refractivity contribution >= 4 is 21.7 Å². The van der Waals surface area contributed by atoms with Gasteiger partial charge >= 0.3 is 5.97 Å². The van der Waals surface area contributed by atoms with Crippen molar-refractivity contribution in [1.29, 1.82) is 0 Å². The zero-order valence-electron chi connectivity index (χ0n) is 12.0. The summed E-state index contributed by atoms with van der Waals surface area (Å²) < 4.78 is 28.0. The average Bonchev–Trinajstić information content (AvgIpc) is 2.76. The van der Waals surface area contributed by atoms with Crippen LogP contribution in [0.3, 0.4) is 0 Å². The Morgan fingerprint density at radius 1 is 1.48 bits per heavy atom. The third-order valence-electron chi connectivity index (χ3n) is 3.45. The van der Waals surface area contributed by atoms with Gasteiger partial charge in [-0.3, -0.25) is 9.59 Å². The first-order chi connectivity index (χ1) is 9.76. The van der Waals surface area contributed by atoms with Crippen LogP contribution in [-0.4, -0.2) is 74.2 Å². The van der Waals surface area contributed by atoms with Crippen LogP contribution in [0.25, 0.3) is 0 Å². The molecule has 1 amide bonds. The fourth-order valence-corrected chi connectivity index (χ4v) is 4.03. The van der Waals surface area contributed by atoms with Crippen LogP contribution in [0.4, 0.5) is 0 Å². The van der Waals surface area contributed by atoms with Crippen molar-refractivity contribution < 1.29 is 27.9 Å². The van der Waals surface area contributed by atoms with Crippen LogP contribution >= 0.6 is 0 Å². The maximum absolute atomic E-state index is 12.3. The summed E-state index contributed by atoms with van der Waals surface area (Å²) in [7, 11) is -1.64. The number of amides is 1. The molecule has 3 N–H and O–H groups in total. The lowest BCUT2D eigenvalue weighted by Gasteiger charge is -2.30. The third kappa shape index (κ3) is 5.60. The summed E-state index contributed by atoms with van der Waals surface area (Å²) in [6.45, 7) is 0.518. The number of nitrogens with zero attached hydrogens (tertiary/aromatic N) is 1. The largest absolute Gasteiger partial charge is 0.481 e. The van der Waals surface area contributed by atoms with E-state index in [4.69, 9.17) is 15.6 Å². The zero-order valence-corrected chi connectivity index (χ0v) is 12.8. The number of hydrogen-bond acceptors (Lipinski definition) is 6. The Morgan fingerprint density at radius 2 is 2.14 bits per heavy atom. The van der Waals surface area contributed by atoms with Gasteiger partial charge in [-0.2, -0.15) is 0 Å². The number of rotatable bonds is 8. The van der Waals surface area contributed by atoms with E-state index in [0.717, 1.165) is 0 Å². The van der Waals surface area contributed by atoms with E-state index in [2.05, 4.69) is 0 Å². The van der Waals surface area contributed by atoms with Crippen molar-refractivity contribution in [2.45, 2.75) is 31.3 Å². The van der Waals surface area contributed by atoms with E-state index in [1.165, 1.54) is 12.0 Å². The molecule has 0 aromatic heterocycles. The molecule has 0 aromatic carbocycles. The highest BCUT2D eigenvalue weighted by Crippen LogP contribution is 2.19. The predicted octanol–water partition coefficient (Wildman–Crippen LogP) is -1.16. The quantitative estimate of drug-likeness (QED) is 0.577. The molecular weight excluding hydrogens is 300 g/mol. The van der Waals surface area contributed by atoms with Crippen LogP contribution in [-0.2, 0) is 24.2 Å². The first-order valence-electron chi connectivity index (χ1n) is 6.74. The second-order valence-electron chi connectivity index (χ2n) is 5.12. The van der Waals surface area contributed by atoms with Crippen LogP contribution in [0.15, 0.2) is 0 Å². The minimum Gasteiger partial charge on any atom is -0.481 e. The van der Waals surface area contributed by atoms with Crippen molar-refractivity contribution in [2.24, 2.45) is 5.73 Å². The van der Waals surface area contributed by atoms with E-state index in [9.17, 15) is 18.0 Å². The van der Waals surface area contributed by atoms with Gasteiger partial charge in [0.1, 0.15) is 0 Å². The Hall–Kier alpha value is -1.19. The Kier molecular flexibility index (Phi) is 6.56. The molecule has 9 heteroatoms. The summed E-state index contributed by atoms with van der Waals surface area (Å²) >= 11 is 0. The first-order valence-corrected chi connectivity index (χ1v) is 8.56. The Morgan fingerprint density at radius 3 is 2.62 bits per heavy atom. The number of aliphatic carboxylic acids is 1. The normalized spacial score (nSPS) is 21.9. The highest BCUT2D eigenvalue weighted by atomic mass is 32.2. The van der Waals surface area contributed by atoms with Crippen LogP contribution in [0, 0.1) is 0 Å². The summed E-state index contributed by atoms with van der Waals surface area (Å²) in [5.74, 6) is -1.46. The molecule has 0 spiro atoms. The minimum atomic E-state index is -3.12. The van der Waals surface area contributed by atoms with Gasteiger partial charge in [0.2, 0.25) is 5.91 Å². The summed E-state index contributed by atoms with van der Waals surface area (Å²) in [6.07, 6.45) is 0.203. The number of ether oxygens (including phenoxy) is 1. The van der Waals surface area contributed by atoms with Gasteiger partial charge in [-0.25, -0.2) is 8.42 Å². The molecule has 0 saturated carbocycles. The van der Waals surface area contributed by atoms with E-state index in [1.54, 1.807) is 0 Å². The van der Waals surface area contributed by atoms with Gasteiger partial charge in [-0.15, -0.1) is 0 Å². The van der Waals surface area contributed by atoms with E-state index in [1.807, 2.05) is 0 Å². The van der Waals surface area contributed by atoms with Gasteiger partial charge in [0.05, 0.1) is 24.2 Å². The summed E-state index contributed by atoms with van der Waals surface area (Å²) in [5, 5.41) is 8.62. The van der Waals surface area contributed by atoms with Crippen molar-refractivity contribution in [3.63, 3.8) is 0 Å². The molecule has 1 saturated heterocycles. The Labute approximate surface area is 124 Å². The average molecular weight is 322 g/mol. The zero-order chi connectivity index (χ0) is 16.0. The fourth-order valence-electron chi connectivity index (χ4n) is 2.30. The fraction of sp³-hybridized carbons (Fsp3) is 0.833. The van der Waals surface area contributed by atoms with Gasteiger partial charge in [-0.05, 0) is 12.8 Å². The summed E-state index contributed by atoms with van der Waals surface area (Å²) in [5.41, 5.74) is 5.73. The number of methoxy groups -OCH3 is 1. The third-order valence-corrected chi connectivity index (χ3v) is 5.21. The number of hydrogen-bond donors (Lipinski definition) is 2. The number of carbonyl (C=O) groups excluding carboxylic acids is 1. The number of sulfone groups is 1. The number of carboxylic acid groups (broad SMARTS) is 1. The van der Waals surface area contributed by atoms with Crippen molar-refractivity contribution in [2.75, 3.05) is 31.8 Å². The van der Waals surface area contributed by atoms with Gasteiger partial charge < -0.3 is 20.5 Å². The smallest absolute Gasteiger partial charge is 0.303 e. The van der Waals surface area contributed by atoms with Gasteiger partial charge in [0.15, 0.2) is 9.84 Å². The standard InChI is InChI=1S/C12H22N2O6S/c1-20-6-5-14(9-4-7-21(18,19)8-9)12(17)10(13)2-3-11(15)16/h9-10H,2-8,13H2,1H3,(H,15,16). The molecule has 8 nitrogen and oxygen atoms in total. The number of carboxylic acids is 1. The van der Waals surface area contributed by atoms with Gasteiger partial charge in [-0.1, -0.05) is 0 Å². The van der Waals surface area contributed by atoms with E-state index >= 15 is 0 Å². The van der Waals surface area contributed by atoms with Crippen LogP contribution in [0.5, 0.6) is 0 Å². The van der Waals surface area contributed by atoms with Gasteiger partial charge in [0.25, 0.3) is 0 Å². The molecule has 21 heavy (non-hydrogen) atoms. The Balaban J connectivity index is 2.72. The SMILES string of the molecule is COCCN(C(=O)C(N)CCC(=O)O)C1CCS(=O)(=O)C1. The lowest BCUT2D eigenvalue weighted by molar-refractivity contribution is -0.138. The van der Waals surface area contributed by atoms with Crippen LogP contribution in [0.2, 0.25) is 0 Å². The van der Waals surface area contributed by atoms with Crippen molar-refractivity contribution in [1.82, 2.24) is 4.90 Å². The van der Waals surface area contributed by atoms with Gasteiger partial charge in [0, 0.05) is 26.1 Å². The summed E-state index contributed by atoms with van der Waals surface area (Å²) in [4.78, 5) is 24.3. The van der Waals surface area contributed by atoms with Crippen LogP contribution in [0.1, 0.15) is 19.3 Å². The van der Waals surface area contributed by atoms with Crippen LogP contribution < -0.4 is 5.73 Å². The molecule has 0 aliphatic carbocycles. The molecule has 1 heterocycles. The van der Waals surface area contributed by atoms with E-state index in [-0.39, 0.29) is 37.5 Å². The second-order valence-corrected chi connectivity index (χ2v) is 7.35. The molecular formula is C12H22N2O6S. The second kappa shape index (κ2) is 7.71. The topological polar surface area (TPSA) is 127 Å². The predicted molar refractivity (Wildman–Crippen MR) is 75.5 cm³/mol. The molecule has 1 fully saturated rings. The van der Waals surface area contributed by atoms with Crippen molar-refractivity contribution in [3.8, 4) is 0 Å². The molecule has 1 aliphatic heterocycles. The Bertz CT molecular complexity index is 478. The molecule has 1 rings (SSSR count). The maximum Gasteiger partial charge on any atom is 0.303 e. The minimum absolute atomic E-state index is 0.0249. The maximum atomic E-state index is 12.3. The van der Waals surface area contributed by atoms with E-state index in [0.29, 0.717) is 6.42 Å². The molecule has 0 radical (unpaired) electrons. The number of nitrogens with two attached hydrogens (primary N) is 1. The molecule has 2 atom stereocenters. The van der Waals surface area contributed by atoms with E-state index < -0.39 is 33.8 Å². The molecule has 1 aliphatic rings. The molecule has 2 unspecified atom stereocenters. The molecule has 0 aromatic rings. The number of carbonyl (C=O) groups is 2. The first kappa shape index (κ1) is 17.9.